The molecule has 0 saturated heterocycles. The van der Waals surface area contributed by atoms with Crippen LogP contribution in [-0.4, -0.2) is 21.3 Å². The Morgan fingerprint density at radius 3 is 2.45 bits per heavy atom. The lowest BCUT2D eigenvalue weighted by molar-refractivity contribution is -0.132. The predicted octanol–water partition coefficient (Wildman–Crippen LogP) is 8.50. The van der Waals surface area contributed by atoms with E-state index in [-0.39, 0.29) is 18.1 Å². The van der Waals surface area contributed by atoms with Gasteiger partial charge in [-0.3, -0.25) is 0 Å². The first-order valence-corrected chi connectivity index (χ1v) is 14.1. The highest BCUT2D eigenvalue weighted by atomic mass is 35.5. The summed E-state index contributed by atoms with van der Waals surface area (Å²) in [6.45, 7) is 5.90. The molecule has 1 aromatic heterocycles. The number of halogens is 3. The standard InChI is InChI=1S/C31H28Cl3NO5/c1-3-18(30(36)37)8-7-17(2)20-14-31(38,15-20)23-12-11-21(13-26(23)34)39-16-22-28(35-40-29(22)19-9-10-19)27-24(32)5-4-6-25(27)33/h3-8,11-13,19-20,38H,2,9-10,14-16H2,1H3,(H,36,37)/b8-7-,18-3+/t20-,31-. The van der Waals surface area contributed by atoms with Crippen LogP contribution in [0.1, 0.15) is 55.4 Å². The largest absolute Gasteiger partial charge is 0.489 e. The molecule has 9 heteroatoms. The van der Waals surface area contributed by atoms with Gasteiger partial charge in [0.25, 0.3) is 0 Å². The second kappa shape index (κ2) is 11.5. The molecule has 0 bridgehead atoms. The van der Waals surface area contributed by atoms with Gasteiger partial charge in [-0.25, -0.2) is 4.79 Å². The van der Waals surface area contributed by atoms with Gasteiger partial charge in [0.1, 0.15) is 23.8 Å². The molecule has 0 spiro atoms. The van der Waals surface area contributed by atoms with Gasteiger partial charge in [-0.2, -0.15) is 0 Å². The molecule has 2 aliphatic carbocycles. The smallest absolute Gasteiger partial charge is 0.335 e. The molecule has 0 amide bonds. The first kappa shape index (κ1) is 28.5. The Morgan fingerprint density at radius 1 is 1.15 bits per heavy atom. The van der Waals surface area contributed by atoms with Crippen LogP contribution >= 0.6 is 34.8 Å². The fourth-order valence-corrected chi connectivity index (χ4v) is 5.95. The second-order valence-electron chi connectivity index (χ2n) is 10.3. The Kier molecular flexibility index (Phi) is 8.16. The first-order chi connectivity index (χ1) is 19.1. The van der Waals surface area contributed by atoms with E-state index in [4.69, 9.17) is 49.2 Å². The summed E-state index contributed by atoms with van der Waals surface area (Å²) in [5.41, 5.74) is 2.43. The van der Waals surface area contributed by atoms with Crippen LogP contribution in [0.2, 0.25) is 15.1 Å². The zero-order valence-electron chi connectivity index (χ0n) is 21.8. The summed E-state index contributed by atoms with van der Waals surface area (Å²) in [4.78, 5) is 11.2. The number of carbonyl (C=O) groups is 1. The number of hydrogen-bond acceptors (Lipinski definition) is 5. The fraction of sp³-hybridized carbons (Fsp3) is 0.290. The second-order valence-corrected chi connectivity index (χ2v) is 11.5. The van der Waals surface area contributed by atoms with Crippen molar-refractivity contribution in [1.29, 1.82) is 0 Å². The van der Waals surface area contributed by atoms with E-state index in [1.165, 1.54) is 12.2 Å². The third kappa shape index (κ3) is 5.72. The Hall–Kier alpha value is -3.03. The molecule has 6 nitrogen and oxygen atoms in total. The third-order valence-electron chi connectivity index (χ3n) is 7.52. The van der Waals surface area contributed by atoms with Gasteiger partial charge in [0.2, 0.25) is 0 Å². The van der Waals surface area contributed by atoms with E-state index in [9.17, 15) is 9.90 Å². The van der Waals surface area contributed by atoms with Crippen molar-refractivity contribution in [2.75, 3.05) is 0 Å². The normalized spacial score (nSPS) is 20.9. The highest BCUT2D eigenvalue weighted by Crippen LogP contribution is 2.51. The number of benzene rings is 2. The van der Waals surface area contributed by atoms with Gasteiger partial charge in [-0.15, -0.1) is 0 Å². The molecule has 40 heavy (non-hydrogen) atoms. The number of carboxylic acid groups (broad SMARTS) is 1. The maximum absolute atomic E-state index is 11.2. The van der Waals surface area contributed by atoms with Gasteiger partial charge < -0.3 is 19.5 Å². The summed E-state index contributed by atoms with van der Waals surface area (Å²) < 4.78 is 11.8. The van der Waals surface area contributed by atoms with E-state index in [2.05, 4.69) is 11.7 Å². The summed E-state index contributed by atoms with van der Waals surface area (Å²) >= 11 is 19.5. The highest BCUT2D eigenvalue weighted by Gasteiger charge is 2.45. The lowest BCUT2D eigenvalue weighted by Crippen LogP contribution is -2.41. The number of nitrogens with zero attached hydrogens (tertiary/aromatic N) is 1. The Balaban J connectivity index is 1.28. The lowest BCUT2D eigenvalue weighted by Gasteiger charge is -2.45. The number of ether oxygens (including phenoxy) is 1. The Labute approximate surface area is 247 Å². The molecule has 2 fully saturated rings. The molecule has 3 aromatic rings. The van der Waals surface area contributed by atoms with Crippen LogP contribution in [0.3, 0.4) is 0 Å². The van der Waals surface area contributed by atoms with Gasteiger partial charge in [0, 0.05) is 17.0 Å². The molecule has 2 N–H and O–H groups in total. The number of rotatable bonds is 10. The van der Waals surface area contributed by atoms with Crippen molar-refractivity contribution in [2.24, 2.45) is 5.92 Å². The fourth-order valence-electron chi connectivity index (χ4n) is 5.03. The number of aromatic nitrogens is 1. The molecular weight excluding hydrogens is 573 g/mol. The quantitative estimate of drug-likeness (QED) is 0.179. The van der Waals surface area contributed by atoms with Crippen LogP contribution in [0.25, 0.3) is 11.3 Å². The molecule has 0 atom stereocenters. The number of hydrogen-bond donors (Lipinski definition) is 2. The summed E-state index contributed by atoms with van der Waals surface area (Å²) in [5, 5.41) is 26.1. The number of carboxylic acids is 1. The molecule has 0 aliphatic heterocycles. The van der Waals surface area contributed by atoms with Crippen LogP contribution in [0, 0.1) is 5.92 Å². The average molecular weight is 601 g/mol. The van der Waals surface area contributed by atoms with Crippen molar-refractivity contribution in [3.8, 4) is 17.0 Å². The van der Waals surface area contributed by atoms with Gasteiger partial charge in [0.15, 0.2) is 0 Å². The Morgan fingerprint density at radius 2 is 1.85 bits per heavy atom. The van der Waals surface area contributed by atoms with Crippen LogP contribution in [0.15, 0.2) is 76.9 Å². The summed E-state index contributed by atoms with van der Waals surface area (Å²) in [5.74, 6) is 0.633. The number of allylic oxidation sites excluding steroid dienone is 3. The van der Waals surface area contributed by atoms with Crippen LogP contribution < -0.4 is 4.74 Å². The predicted molar refractivity (Wildman–Crippen MR) is 156 cm³/mol. The van der Waals surface area contributed by atoms with Crippen molar-refractivity contribution >= 4 is 40.8 Å². The maximum atomic E-state index is 11.2. The highest BCUT2D eigenvalue weighted by molar-refractivity contribution is 6.39. The molecule has 1 heterocycles. The molecule has 0 unspecified atom stereocenters. The van der Waals surface area contributed by atoms with Crippen molar-refractivity contribution in [3.63, 3.8) is 0 Å². The van der Waals surface area contributed by atoms with E-state index in [0.29, 0.717) is 56.4 Å². The van der Waals surface area contributed by atoms with E-state index in [0.717, 1.165) is 29.7 Å². The zero-order valence-corrected chi connectivity index (χ0v) is 24.1. The minimum atomic E-state index is -1.10. The van der Waals surface area contributed by atoms with Gasteiger partial charge in [-0.1, -0.05) is 76.4 Å². The van der Waals surface area contributed by atoms with Crippen LogP contribution in [0.5, 0.6) is 5.75 Å². The third-order valence-corrected chi connectivity index (χ3v) is 8.46. The van der Waals surface area contributed by atoms with Crippen molar-refractivity contribution in [1.82, 2.24) is 5.16 Å². The molecular formula is C31H28Cl3NO5. The van der Waals surface area contributed by atoms with Crippen molar-refractivity contribution < 1.29 is 24.3 Å². The number of aliphatic hydroxyl groups is 1. The van der Waals surface area contributed by atoms with Crippen molar-refractivity contribution in [2.45, 2.75) is 50.7 Å². The molecule has 5 rings (SSSR count). The molecule has 208 valence electrons. The summed E-state index contributed by atoms with van der Waals surface area (Å²) in [6.07, 6.45) is 7.65. The monoisotopic (exact) mass is 599 g/mol. The van der Waals surface area contributed by atoms with Crippen LogP contribution in [-0.2, 0) is 17.0 Å². The minimum absolute atomic E-state index is 0.0182. The van der Waals surface area contributed by atoms with Gasteiger partial charge in [-0.05, 0) is 68.9 Å². The van der Waals surface area contributed by atoms with E-state index < -0.39 is 11.6 Å². The molecule has 2 saturated carbocycles. The van der Waals surface area contributed by atoms with Crippen LogP contribution in [0.4, 0.5) is 0 Å². The zero-order chi connectivity index (χ0) is 28.6. The lowest BCUT2D eigenvalue weighted by atomic mass is 9.65. The van der Waals surface area contributed by atoms with E-state index >= 15 is 0 Å². The topological polar surface area (TPSA) is 92.8 Å². The first-order valence-electron chi connectivity index (χ1n) is 13.0. The Bertz CT molecular complexity index is 1510. The van der Waals surface area contributed by atoms with Crippen molar-refractivity contribution in [3.05, 3.63) is 104 Å². The summed E-state index contributed by atoms with van der Waals surface area (Å²) in [6, 6.07) is 10.5. The summed E-state index contributed by atoms with van der Waals surface area (Å²) in [7, 11) is 0. The maximum Gasteiger partial charge on any atom is 0.335 e. The molecule has 2 aromatic carbocycles. The SMILES string of the molecule is C=C(/C=C\C(=C/C)C(=O)O)[C@H]1C[C@@](O)(c2ccc(OCc3c(-c4c(Cl)cccc4Cl)noc3C3CC3)cc2Cl)C1. The average Bonchev–Trinajstić information content (AvgIpc) is 3.65. The van der Waals surface area contributed by atoms with E-state index in [1.807, 2.05) is 0 Å². The van der Waals surface area contributed by atoms with Gasteiger partial charge >= 0.3 is 5.97 Å². The minimum Gasteiger partial charge on any atom is -0.489 e. The number of aliphatic carboxylic acids is 1. The molecule has 0 radical (unpaired) electrons. The van der Waals surface area contributed by atoms with E-state index in [1.54, 1.807) is 49.4 Å². The van der Waals surface area contributed by atoms with Gasteiger partial charge in [0.05, 0.1) is 31.8 Å². The molecule has 2 aliphatic rings.